The third-order valence-electron chi connectivity index (χ3n) is 1.66. The molecule has 2 aromatic rings. The van der Waals surface area contributed by atoms with Crippen LogP contribution in [0.5, 0.6) is 0 Å². The Morgan fingerprint density at radius 2 is 2.29 bits per heavy atom. The van der Waals surface area contributed by atoms with E-state index in [1.807, 2.05) is 0 Å². The largest absolute Gasteiger partial charge is 0.477 e. The maximum absolute atomic E-state index is 10.6. The van der Waals surface area contributed by atoms with Crippen LogP contribution in [0.1, 0.15) is 10.5 Å². The molecule has 0 spiro atoms. The fourth-order valence-electron chi connectivity index (χ4n) is 1.03. The summed E-state index contributed by atoms with van der Waals surface area (Å²) >= 11 is 0. The van der Waals surface area contributed by atoms with Crippen LogP contribution in [0, 0.1) is 0 Å². The first-order valence-corrected chi connectivity index (χ1v) is 3.86. The Labute approximate surface area is 79.0 Å². The molecule has 0 saturated heterocycles. The molecule has 0 aromatic carbocycles. The standard InChI is InChI=1S/C9H6N2O3/c12-9(13)7-4-6(10-5-11-7)8-2-1-3-14-8/h1-5H,(H,12,13). The Kier molecular flexibility index (Phi) is 1.98. The van der Waals surface area contributed by atoms with Gasteiger partial charge < -0.3 is 9.52 Å². The van der Waals surface area contributed by atoms with E-state index in [2.05, 4.69) is 9.97 Å². The molecule has 0 amide bonds. The molecular formula is C9H6N2O3. The molecule has 1 N–H and O–H groups in total. The third-order valence-corrected chi connectivity index (χ3v) is 1.66. The summed E-state index contributed by atoms with van der Waals surface area (Å²) in [6.45, 7) is 0. The van der Waals surface area contributed by atoms with Crippen LogP contribution in [0.2, 0.25) is 0 Å². The Bertz CT molecular complexity index is 451. The van der Waals surface area contributed by atoms with Gasteiger partial charge in [0.25, 0.3) is 0 Å². The molecular weight excluding hydrogens is 184 g/mol. The van der Waals surface area contributed by atoms with Gasteiger partial charge in [-0.15, -0.1) is 0 Å². The van der Waals surface area contributed by atoms with E-state index < -0.39 is 5.97 Å². The van der Waals surface area contributed by atoms with Gasteiger partial charge in [0.15, 0.2) is 11.5 Å². The van der Waals surface area contributed by atoms with Crippen molar-refractivity contribution in [2.75, 3.05) is 0 Å². The van der Waals surface area contributed by atoms with Gasteiger partial charge in [0.05, 0.1) is 6.26 Å². The van der Waals surface area contributed by atoms with E-state index in [9.17, 15) is 4.79 Å². The number of furan rings is 1. The average molecular weight is 190 g/mol. The zero-order chi connectivity index (χ0) is 9.97. The van der Waals surface area contributed by atoms with Crippen molar-refractivity contribution < 1.29 is 14.3 Å². The summed E-state index contributed by atoms with van der Waals surface area (Å²) < 4.78 is 5.07. The second kappa shape index (κ2) is 3.29. The van der Waals surface area contributed by atoms with Gasteiger partial charge in [0, 0.05) is 6.07 Å². The first kappa shape index (κ1) is 8.43. The second-order valence-electron chi connectivity index (χ2n) is 2.57. The van der Waals surface area contributed by atoms with Crippen LogP contribution in [0.4, 0.5) is 0 Å². The van der Waals surface area contributed by atoms with Crippen LogP contribution in [0.15, 0.2) is 35.2 Å². The van der Waals surface area contributed by atoms with Crippen LogP contribution in [-0.4, -0.2) is 21.0 Å². The number of hydrogen-bond acceptors (Lipinski definition) is 4. The molecule has 2 aromatic heterocycles. The summed E-state index contributed by atoms with van der Waals surface area (Å²) in [6.07, 6.45) is 2.69. The highest BCUT2D eigenvalue weighted by atomic mass is 16.4. The maximum atomic E-state index is 10.6. The van der Waals surface area contributed by atoms with E-state index in [4.69, 9.17) is 9.52 Å². The SMILES string of the molecule is O=C(O)c1cc(-c2ccco2)ncn1. The summed E-state index contributed by atoms with van der Waals surface area (Å²) in [5, 5.41) is 8.69. The fourth-order valence-corrected chi connectivity index (χ4v) is 1.03. The predicted octanol–water partition coefficient (Wildman–Crippen LogP) is 1.43. The lowest BCUT2D eigenvalue weighted by Crippen LogP contribution is -2.00. The molecule has 5 nitrogen and oxygen atoms in total. The van der Waals surface area contributed by atoms with Gasteiger partial charge >= 0.3 is 5.97 Å². The molecule has 5 heteroatoms. The predicted molar refractivity (Wildman–Crippen MR) is 46.7 cm³/mol. The summed E-state index contributed by atoms with van der Waals surface area (Å²) in [7, 11) is 0. The quantitative estimate of drug-likeness (QED) is 0.775. The first-order valence-electron chi connectivity index (χ1n) is 3.86. The molecule has 2 heterocycles. The van der Waals surface area contributed by atoms with E-state index in [1.165, 1.54) is 18.7 Å². The van der Waals surface area contributed by atoms with E-state index >= 15 is 0 Å². The third kappa shape index (κ3) is 1.47. The molecule has 0 aliphatic heterocycles. The lowest BCUT2D eigenvalue weighted by Gasteiger charge is -1.96. The monoisotopic (exact) mass is 190 g/mol. The number of rotatable bonds is 2. The number of carbonyl (C=O) groups is 1. The Morgan fingerprint density at radius 1 is 1.43 bits per heavy atom. The van der Waals surface area contributed by atoms with Crippen LogP contribution in [0.3, 0.4) is 0 Å². The van der Waals surface area contributed by atoms with Crippen molar-refractivity contribution in [3.8, 4) is 11.5 Å². The van der Waals surface area contributed by atoms with Gasteiger partial charge in [0.1, 0.15) is 12.0 Å². The minimum Gasteiger partial charge on any atom is -0.477 e. The number of carboxylic acid groups (broad SMARTS) is 1. The lowest BCUT2D eigenvalue weighted by molar-refractivity contribution is 0.0690. The minimum absolute atomic E-state index is 0.0496. The van der Waals surface area contributed by atoms with E-state index in [-0.39, 0.29) is 5.69 Å². The second-order valence-corrected chi connectivity index (χ2v) is 2.57. The minimum atomic E-state index is -1.08. The Hall–Kier alpha value is -2.17. The number of nitrogens with zero attached hydrogens (tertiary/aromatic N) is 2. The van der Waals surface area contributed by atoms with Gasteiger partial charge in [-0.25, -0.2) is 14.8 Å². The molecule has 14 heavy (non-hydrogen) atoms. The molecule has 0 unspecified atom stereocenters. The zero-order valence-corrected chi connectivity index (χ0v) is 7.04. The van der Waals surface area contributed by atoms with Gasteiger partial charge in [-0.1, -0.05) is 0 Å². The molecule has 0 aliphatic carbocycles. The molecule has 0 aliphatic rings. The highest BCUT2D eigenvalue weighted by molar-refractivity contribution is 5.86. The van der Waals surface area contributed by atoms with E-state index in [0.717, 1.165) is 0 Å². The summed E-state index contributed by atoms with van der Waals surface area (Å²) in [4.78, 5) is 18.1. The van der Waals surface area contributed by atoms with Crippen LogP contribution in [-0.2, 0) is 0 Å². The molecule has 0 bridgehead atoms. The van der Waals surface area contributed by atoms with Gasteiger partial charge in [-0.2, -0.15) is 0 Å². The number of aromatic nitrogens is 2. The highest BCUT2D eigenvalue weighted by Gasteiger charge is 2.08. The van der Waals surface area contributed by atoms with Crippen molar-refractivity contribution in [3.05, 3.63) is 36.5 Å². The van der Waals surface area contributed by atoms with Crippen molar-refractivity contribution in [1.82, 2.24) is 9.97 Å². The van der Waals surface area contributed by atoms with Crippen molar-refractivity contribution >= 4 is 5.97 Å². The van der Waals surface area contributed by atoms with Crippen LogP contribution in [0.25, 0.3) is 11.5 Å². The van der Waals surface area contributed by atoms with Gasteiger partial charge in [-0.05, 0) is 12.1 Å². The normalized spacial score (nSPS) is 10.0. The van der Waals surface area contributed by atoms with Crippen LogP contribution < -0.4 is 0 Å². The smallest absolute Gasteiger partial charge is 0.354 e. The van der Waals surface area contributed by atoms with Crippen molar-refractivity contribution in [2.24, 2.45) is 0 Å². The fraction of sp³-hybridized carbons (Fsp3) is 0. The summed E-state index contributed by atoms with van der Waals surface area (Å²) in [5.74, 6) is -0.560. The van der Waals surface area contributed by atoms with Crippen molar-refractivity contribution in [2.45, 2.75) is 0 Å². The summed E-state index contributed by atoms with van der Waals surface area (Å²) in [6, 6.07) is 4.77. The molecule has 0 saturated carbocycles. The van der Waals surface area contributed by atoms with E-state index in [1.54, 1.807) is 12.1 Å². The topological polar surface area (TPSA) is 76.2 Å². The maximum Gasteiger partial charge on any atom is 0.354 e. The molecule has 0 atom stereocenters. The van der Waals surface area contributed by atoms with Gasteiger partial charge in [0.2, 0.25) is 0 Å². The van der Waals surface area contributed by atoms with Gasteiger partial charge in [-0.3, -0.25) is 0 Å². The van der Waals surface area contributed by atoms with Crippen LogP contribution >= 0.6 is 0 Å². The Balaban J connectivity index is 2.46. The highest BCUT2D eigenvalue weighted by Crippen LogP contribution is 2.16. The number of carboxylic acids is 1. The molecule has 2 rings (SSSR count). The van der Waals surface area contributed by atoms with E-state index in [0.29, 0.717) is 11.5 Å². The lowest BCUT2D eigenvalue weighted by atomic mass is 10.3. The first-order chi connectivity index (χ1) is 6.77. The average Bonchev–Trinajstić information content (AvgIpc) is 2.71. The zero-order valence-electron chi connectivity index (χ0n) is 7.04. The molecule has 0 fully saturated rings. The molecule has 70 valence electrons. The van der Waals surface area contributed by atoms with Crippen molar-refractivity contribution in [1.29, 1.82) is 0 Å². The number of hydrogen-bond donors (Lipinski definition) is 1. The Morgan fingerprint density at radius 3 is 2.93 bits per heavy atom. The summed E-state index contributed by atoms with van der Waals surface area (Å²) in [5.41, 5.74) is 0.411. The molecule has 0 radical (unpaired) electrons. The number of aromatic carboxylic acids is 1. The van der Waals surface area contributed by atoms with Crippen molar-refractivity contribution in [3.63, 3.8) is 0 Å².